The second-order valence-electron chi connectivity index (χ2n) is 8.86. The van der Waals surface area contributed by atoms with Crippen molar-refractivity contribution < 1.29 is 32.2 Å². The van der Waals surface area contributed by atoms with Crippen LogP contribution in [0.2, 0.25) is 0 Å². The van der Waals surface area contributed by atoms with E-state index in [0.29, 0.717) is 17.2 Å². The molecule has 208 valence electrons. The molecule has 0 bridgehead atoms. The maximum Gasteiger partial charge on any atom is 0.265 e. The number of carbonyl (C=O) groups is 1. The van der Waals surface area contributed by atoms with Gasteiger partial charge in [0.25, 0.3) is 10.0 Å². The molecular weight excluding hydrogens is 522 g/mol. The highest BCUT2D eigenvalue weighted by Gasteiger charge is 2.31. The van der Waals surface area contributed by atoms with Crippen LogP contribution in [0.25, 0.3) is 0 Å². The molecule has 39 heavy (non-hydrogen) atoms. The van der Waals surface area contributed by atoms with Crippen molar-refractivity contribution in [3.63, 3.8) is 0 Å². The van der Waals surface area contributed by atoms with Crippen molar-refractivity contribution >= 4 is 33.0 Å². The number of methoxy groups -OCH3 is 4. The van der Waals surface area contributed by atoms with E-state index in [4.69, 9.17) is 18.9 Å². The van der Waals surface area contributed by atoms with Gasteiger partial charge in [0.1, 0.15) is 18.0 Å². The van der Waals surface area contributed by atoms with Crippen LogP contribution in [0.5, 0.6) is 23.0 Å². The minimum absolute atomic E-state index is 0.0900. The van der Waals surface area contributed by atoms with Crippen LogP contribution in [-0.4, -0.2) is 62.4 Å². The molecule has 10 nitrogen and oxygen atoms in total. The summed E-state index contributed by atoms with van der Waals surface area (Å²) in [4.78, 5) is 15.4. The van der Waals surface area contributed by atoms with Crippen molar-refractivity contribution in [3.8, 4) is 23.0 Å². The van der Waals surface area contributed by atoms with Crippen LogP contribution in [-0.2, 0) is 14.8 Å². The molecule has 0 radical (unpaired) electrons. The smallest absolute Gasteiger partial charge is 0.265 e. The molecule has 11 heteroatoms. The first-order valence-electron chi connectivity index (χ1n) is 12.4. The average Bonchev–Trinajstić information content (AvgIpc) is 3.50. The lowest BCUT2D eigenvalue weighted by atomic mass is 10.2. The summed E-state index contributed by atoms with van der Waals surface area (Å²) in [7, 11) is 1.49. The monoisotopic (exact) mass is 555 g/mol. The summed E-state index contributed by atoms with van der Waals surface area (Å²) < 4.78 is 50.3. The zero-order chi connectivity index (χ0) is 28.0. The minimum Gasteiger partial charge on any atom is -0.497 e. The Bertz CT molecular complexity index is 1410. The number of carbonyl (C=O) groups excluding carboxylic acids is 1. The molecule has 1 heterocycles. The topological polar surface area (TPSA) is 107 Å². The van der Waals surface area contributed by atoms with Crippen molar-refractivity contribution in [2.75, 3.05) is 62.6 Å². The largest absolute Gasteiger partial charge is 0.497 e. The highest BCUT2D eigenvalue weighted by Crippen LogP contribution is 2.37. The lowest BCUT2D eigenvalue weighted by molar-refractivity contribution is -0.114. The fourth-order valence-corrected chi connectivity index (χ4v) is 5.90. The van der Waals surface area contributed by atoms with Crippen LogP contribution >= 0.6 is 0 Å². The Labute approximate surface area is 229 Å². The molecule has 0 atom stereocenters. The Balaban J connectivity index is 1.68. The van der Waals surface area contributed by atoms with E-state index in [0.717, 1.165) is 35.9 Å². The molecule has 0 unspecified atom stereocenters. The number of hydrogen-bond donors (Lipinski definition) is 1. The molecule has 3 aromatic carbocycles. The van der Waals surface area contributed by atoms with Gasteiger partial charge in [-0.1, -0.05) is 0 Å². The van der Waals surface area contributed by atoms with Gasteiger partial charge in [-0.05, 0) is 61.4 Å². The average molecular weight is 556 g/mol. The van der Waals surface area contributed by atoms with Crippen molar-refractivity contribution in [2.24, 2.45) is 0 Å². The standard InChI is InChI=1S/C28H33N3O7S/c1-35-22-11-13-25(36-2)24(17-22)31(39(33,34)23-12-14-26(37-3)27(18-23)38-4)19-28(32)29-20-7-9-21(10-8-20)30-15-5-6-16-30/h7-14,17-18H,5-6,15-16,19H2,1-4H3,(H,29,32). The fraction of sp³-hybridized carbons (Fsp3) is 0.321. The molecule has 1 aliphatic rings. The summed E-state index contributed by atoms with van der Waals surface area (Å²) in [5.41, 5.74) is 1.79. The van der Waals surface area contributed by atoms with Crippen molar-refractivity contribution in [1.29, 1.82) is 0 Å². The summed E-state index contributed by atoms with van der Waals surface area (Å²) in [5, 5.41) is 2.81. The van der Waals surface area contributed by atoms with Gasteiger partial charge in [-0.15, -0.1) is 0 Å². The zero-order valence-electron chi connectivity index (χ0n) is 22.5. The van der Waals surface area contributed by atoms with Crippen LogP contribution in [0.15, 0.2) is 65.6 Å². The Morgan fingerprint density at radius 2 is 1.46 bits per heavy atom. The maximum absolute atomic E-state index is 14.0. The predicted octanol–water partition coefficient (Wildman–Crippen LogP) is 4.16. The van der Waals surface area contributed by atoms with Gasteiger partial charge in [-0.3, -0.25) is 9.10 Å². The van der Waals surface area contributed by atoms with Crippen molar-refractivity contribution in [1.82, 2.24) is 0 Å². The molecule has 0 aliphatic carbocycles. The third kappa shape index (κ3) is 6.14. The van der Waals surface area contributed by atoms with Gasteiger partial charge >= 0.3 is 0 Å². The molecular formula is C28H33N3O7S. The summed E-state index contributed by atoms with van der Waals surface area (Å²) in [5.74, 6) is 0.729. The van der Waals surface area contributed by atoms with Crippen molar-refractivity contribution in [3.05, 3.63) is 60.7 Å². The van der Waals surface area contributed by atoms with Crippen molar-refractivity contribution in [2.45, 2.75) is 17.7 Å². The van der Waals surface area contributed by atoms with E-state index < -0.39 is 22.5 Å². The summed E-state index contributed by atoms with van der Waals surface area (Å²) >= 11 is 0. The van der Waals surface area contributed by atoms with E-state index in [9.17, 15) is 13.2 Å². The molecule has 1 saturated heterocycles. The number of sulfonamides is 1. The number of nitrogens with one attached hydrogen (secondary N) is 1. The third-order valence-corrected chi connectivity index (χ3v) is 8.26. The fourth-order valence-electron chi connectivity index (χ4n) is 4.46. The summed E-state index contributed by atoms with van der Waals surface area (Å²) in [6.07, 6.45) is 2.33. The first-order chi connectivity index (χ1) is 18.8. The summed E-state index contributed by atoms with van der Waals surface area (Å²) in [6.45, 7) is 1.50. The molecule has 0 aromatic heterocycles. The Kier molecular flexibility index (Phi) is 8.70. The van der Waals surface area contributed by atoms with Gasteiger partial charge in [0.05, 0.1) is 39.0 Å². The van der Waals surface area contributed by atoms with Gasteiger partial charge in [-0.25, -0.2) is 8.42 Å². The highest BCUT2D eigenvalue weighted by atomic mass is 32.2. The molecule has 1 fully saturated rings. The van der Waals surface area contributed by atoms with Gasteiger partial charge in [0, 0.05) is 36.6 Å². The quantitative estimate of drug-likeness (QED) is 0.376. The lowest BCUT2D eigenvalue weighted by Crippen LogP contribution is -2.38. The summed E-state index contributed by atoms with van der Waals surface area (Å²) in [6, 6.07) is 16.5. The first-order valence-corrected chi connectivity index (χ1v) is 13.9. The number of nitrogens with zero attached hydrogens (tertiary/aromatic N) is 2. The normalized spacial score (nSPS) is 13.1. The van der Waals surface area contributed by atoms with Crippen LogP contribution < -0.4 is 33.5 Å². The van der Waals surface area contributed by atoms with Gasteiger partial charge in [0.2, 0.25) is 5.91 Å². The van der Waals surface area contributed by atoms with Gasteiger partial charge < -0.3 is 29.2 Å². The van der Waals surface area contributed by atoms with E-state index in [-0.39, 0.29) is 22.1 Å². The molecule has 1 N–H and O–H groups in total. The third-order valence-electron chi connectivity index (χ3n) is 6.51. The molecule has 4 rings (SSSR count). The molecule has 0 spiro atoms. The highest BCUT2D eigenvalue weighted by molar-refractivity contribution is 7.92. The van der Waals surface area contributed by atoms with E-state index in [1.165, 1.54) is 52.7 Å². The number of ether oxygens (including phenoxy) is 4. The number of amides is 1. The Hall–Kier alpha value is -4.12. The molecule has 1 amide bonds. The molecule has 1 aliphatic heterocycles. The SMILES string of the molecule is COc1ccc(OC)c(N(CC(=O)Nc2ccc(N3CCCC3)cc2)S(=O)(=O)c2ccc(OC)c(OC)c2)c1. The van der Waals surface area contributed by atoms with E-state index in [2.05, 4.69) is 10.2 Å². The zero-order valence-corrected chi connectivity index (χ0v) is 23.3. The lowest BCUT2D eigenvalue weighted by Gasteiger charge is -2.26. The first kappa shape index (κ1) is 27.9. The Morgan fingerprint density at radius 3 is 2.08 bits per heavy atom. The van der Waals surface area contributed by atoms with Crippen LogP contribution in [0.3, 0.4) is 0 Å². The Morgan fingerprint density at radius 1 is 0.821 bits per heavy atom. The second kappa shape index (κ2) is 12.2. The molecule has 3 aromatic rings. The van der Waals surface area contributed by atoms with E-state index in [1.54, 1.807) is 12.1 Å². The van der Waals surface area contributed by atoms with Crippen LogP contribution in [0.1, 0.15) is 12.8 Å². The predicted molar refractivity (Wildman–Crippen MR) is 150 cm³/mol. The molecule has 0 saturated carbocycles. The number of hydrogen-bond acceptors (Lipinski definition) is 8. The minimum atomic E-state index is -4.28. The van der Waals surface area contributed by atoms with Crippen LogP contribution in [0.4, 0.5) is 17.1 Å². The van der Waals surface area contributed by atoms with Crippen LogP contribution in [0, 0.1) is 0 Å². The number of benzene rings is 3. The number of rotatable bonds is 11. The maximum atomic E-state index is 14.0. The van der Waals surface area contributed by atoms with Gasteiger partial charge in [0.15, 0.2) is 11.5 Å². The second-order valence-corrected chi connectivity index (χ2v) is 10.7. The van der Waals surface area contributed by atoms with E-state index >= 15 is 0 Å². The van der Waals surface area contributed by atoms with E-state index in [1.807, 2.05) is 24.3 Å². The number of anilines is 3. The van der Waals surface area contributed by atoms with Gasteiger partial charge in [-0.2, -0.15) is 0 Å².